The third-order valence-corrected chi connectivity index (χ3v) is 3.72. The second-order valence-corrected chi connectivity index (χ2v) is 5.99. The van der Waals surface area contributed by atoms with Gasteiger partial charge in [-0.25, -0.2) is 0 Å². The van der Waals surface area contributed by atoms with E-state index in [0.29, 0.717) is 12.0 Å². The van der Waals surface area contributed by atoms with E-state index in [0.717, 1.165) is 45.8 Å². The second-order valence-electron chi connectivity index (χ2n) is 5.99. The van der Waals surface area contributed by atoms with E-state index in [4.69, 9.17) is 4.74 Å². The molecule has 0 aromatic heterocycles. The molecule has 1 fully saturated rings. The van der Waals surface area contributed by atoms with Crippen molar-refractivity contribution < 1.29 is 4.74 Å². The summed E-state index contributed by atoms with van der Waals surface area (Å²) < 4.78 is 5.68. The number of nitrogens with one attached hydrogen (secondary N) is 1. The summed E-state index contributed by atoms with van der Waals surface area (Å²) in [6.45, 7) is 10.5. The van der Waals surface area contributed by atoms with Crippen molar-refractivity contribution in [3.63, 3.8) is 0 Å². The highest BCUT2D eigenvalue weighted by molar-refractivity contribution is 5.20. The van der Waals surface area contributed by atoms with Gasteiger partial charge in [0.25, 0.3) is 0 Å². The molecular formula is C17H28N2O. The second kappa shape index (κ2) is 8.40. The quantitative estimate of drug-likeness (QED) is 0.775. The number of hydrogen-bond donors (Lipinski definition) is 1. The van der Waals surface area contributed by atoms with E-state index in [1.54, 1.807) is 0 Å². The highest BCUT2D eigenvalue weighted by atomic mass is 16.5. The normalized spacial score (nSPS) is 20.4. The van der Waals surface area contributed by atoms with Crippen LogP contribution in [0.3, 0.4) is 0 Å². The fourth-order valence-corrected chi connectivity index (χ4v) is 2.71. The number of benzene rings is 1. The molecule has 1 aromatic carbocycles. The van der Waals surface area contributed by atoms with E-state index in [1.807, 2.05) is 0 Å². The maximum absolute atomic E-state index is 5.68. The molecule has 3 heteroatoms. The molecule has 1 saturated heterocycles. The van der Waals surface area contributed by atoms with E-state index in [1.165, 1.54) is 5.56 Å². The summed E-state index contributed by atoms with van der Waals surface area (Å²) in [4.78, 5) is 2.59. The van der Waals surface area contributed by atoms with Gasteiger partial charge < -0.3 is 10.1 Å². The first kappa shape index (κ1) is 15.5. The van der Waals surface area contributed by atoms with Crippen LogP contribution in [0.15, 0.2) is 30.3 Å². The Morgan fingerprint density at radius 3 is 2.85 bits per heavy atom. The Hall–Kier alpha value is -0.900. The molecule has 0 saturated carbocycles. The molecule has 1 N–H and O–H groups in total. The molecule has 0 bridgehead atoms. The van der Waals surface area contributed by atoms with E-state index >= 15 is 0 Å². The standard InChI is InChI=1S/C17H28N2O/c1-15(2)14-20-12-6-10-19-11-9-18-13-17(19)16-7-4-3-5-8-16/h3-5,7-8,15,17-18H,6,9-14H2,1-2H3. The molecule has 0 spiro atoms. The van der Waals surface area contributed by atoms with Crippen LogP contribution < -0.4 is 5.32 Å². The fraction of sp³-hybridized carbons (Fsp3) is 0.647. The van der Waals surface area contributed by atoms with Crippen LogP contribution in [-0.2, 0) is 4.74 Å². The zero-order chi connectivity index (χ0) is 14.2. The van der Waals surface area contributed by atoms with Crippen molar-refractivity contribution in [3.05, 3.63) is 35.9 Å². The summed E-state index contributed by atoms with van der Waals surface area (Å²) in [6.07, 6.45) is 1.12. The minimum absolute atomic E-state index is 0.509. The number of nitrogens with zero attached hydrogens (tertiary/aromatic N) is 1. The summed E-state index contributed by atoms with van der Waals surface area (Å²) in [5.74, 6) is 0.631. The summed E-state index contributed by atoms with van der Waals surface area (Å²) in [5, 5.41) is 3.51. The number of ether oxygens (including phenoxy) is 1. The zero-order valence-electron chi connectivity index (χ0n) is 12.8. The van der Waals surface area contributed by atoms with Gasteiger partial charge in [-0.2, -0.15) is 0 Å². The molecule has 1 unspecified atom stereocenters. The van der Waals surface area contributed by atoms with Gasteiger partial charge in [0.1, 0.15) is 0 Å². The predicted molar refractivity (Wildman–Crippen MR) is 83.9 cm³/mol. The smallest absolute Gasteiger partial charge is 0.0489 e. The number of rotatable bonds is 7. The van der Waals surface area contributed by atoms with Gasteiger partial charge in [0.15, 0.2) is 0 Å². The first-order valence-corrected chi connectivity index (χ1v) is 7.85. The van der Waals surface area contributed by atoms with Crippen molar-refractivity contribution in [2.45, 2.75) is 26.3 Å². The number of piperazine rings is 1. The molecule has 112 valence electrons. The lowest BCUT2D eigenvalue weighted by atomic mass is 10.0. The molecule has 1 aromatic rings. The topological polar surface area (TPSA) is 24.5 Å². The van der Waals surface area contributed by atoms with Crippen LogP contribution in [0, 0.1) is 5.92 Å². The maximum atomic E-state index is 5.68. The van der Waals surface area contributed by atoms with Gasteiger partial charge in [-0.15, -0.1) is 0 Å². The van der Waals surface area contributed by atoms with Crippen LogP contribution in [0.25, 0.3) is 0 Å². The van der Waals surface area contributed by atoms with Crippen molar-refractivity contribution in [3.8, 4) is 0 Å². The van der Waals surface area contributed by atoms with Gasteiger partial charge in [-0.1, -0.05) is 44.2 Å². The van der Waals surface area contributed by atoms with Gasteiger partial charge >= 0.3 is 0 Å². The van der Waals surface area contributed by atoms with Crippen LogP contribution in [0.4, 0.5) is 0 Å². The van der Waals surface area contributed by atoms with Gasteiger partial charge in [0.2, 0.25) is 0 Å². The summed E-state index contributed by atoms with van der Waals surface area (Å²) in [5.41, 5.74) is 1.42. The van der Waals surface area contributed by atoms with E-state index in [9.17, 15) is 0 Å². The largest absolute Gasteiger partial charge is 0.381 e. The Morgan fingerprint density at radius 2 is 2.10 bits per heavy atom. The highest BCUT2D eigenvalue weighted by Crippen LogP contribution is 2.21. The number of hydrogen-bond acceptors (Lipinski definition) is 3. The predicted octanol–water partition coefficient (Wildman–Crippen LogP) is 2.70. The molecule has 20 heavy (non-hydrogen) atoms. The molecule has 1 aliphatic rings. The summed E-state index contributed by atoms with van der Waals surface area (Å²) in [6, 6.07) is 11.3. The summed E-state index contributed by atoms with van der Waals surface area (Å²) >= 11 is 0. The van der Waals surface area contributed by atoms with Crippen LogP contribution >= 0.6 is 0 Å². The average Bonchev–Trinajstić information content (AvgIpc) is 2.48. The van der Waals surface area contributed by atoms with Crippen molar-refractivity contribution >= 4 is 0 Å². The Labute approximate surface area is 123 Å². The Morgan fingerprint density at radius 1 is 1.30 bits per heavy atom. The Balaban J connectivity index is 1.79. The van der Waals surface area contributed by atoms with Crippen molar-refractivity contribution in [2.75, 3.05) is 39.4 Å². The third-order valence-electron chi connectivity index (χ3n) is 3.72. The van der Waals surface area contributed by atoms with Gasteiger partial charge in [0.05, 0.1) is 0 Å². The lowest BCUT2D eigenvalue weighted by Crippen LogP contribution is -2.46. The van der Waals surface area contributed by atoms with Gasteiger partial charge in [-0.3, -0.25) is 4.90 Å². The SMILES string of the molecule is CC(C)COCCCN1CCNCC1c1ccccc1. The first-order chi connectivity index (χ1) is 9.77. The molecule has 2 rings (SSSR count). The van der Waals surface area contributed by atoms with E-state index in [2.05, 4.69) is 54.4 Å². The Kier molecular flexibility index (Phi) is 6.51. The monoisotopic (exact) mass is 276 g/mol. The third kappa shape index (κ3) is 4.89. The van der Waals surface area contributed by atoms with E-state index in [-0.39, 0.29) is 0 Å². The lowest BCUT2D eigenvalue weighted by Gasteiger charge is -2.36. The first-order valence-electron chi connectivity index (χ1n) is 7.85. The van der Waals surface area contributed by atoms with Gasteiger partial charge in [0, 0.05) is 45.4 Å². The van der Waals surface area contributed by atoms with Crippen LogP contribution in [0.2, 0.25) is 0 Å². The van der Waals surface area contributed by atoms with Crippen LogP contribution in [0.5, 0.6) is 0 Å². The van der Waals surface area contributed by atoms with Gasteiger partial charge in [-0.05, 0) is 17.9 Å². The minimum atomic E-state index is 0.509. The van der Waals surface area contributed by atoms with E-state index < -0.39 is 0 Å². The zero-order valence-corrected chi connectivity index (χ0v) is 12.8. The van der Waals surface area contributed by atoms with Crippen molar-refractivity contribution in [2.24, 2.45) is 5.92 Å². The van der Waals surface area contributed by atoms with Crippen LogP contribution in [0.1, 0.15) is 31.9 Å². The maximum Gasteiger partial charge on any atom is 0.0489 e. The molecule has 1 heterocycles. The fourth-order valence-electron chi connectivity index (χ4n) is 2.71. The molecular weight excluding hydrogens is 248 g/mol. The molecule has 0 radical (unpaired) electrons. The van der Waals surface area contributed by atoms with Crippen molar-refractivity contribution in [1.29, 1.82) is 0 Å². The Bertz CT molecular complexity index is 367. The highest BCUT2D eigenvalue weighted by Gasteiger charge is 2.22. The molecule has 3 nitrogen and oxygen atoms in total. The molecule has 0 amide bonds. The lowest BCUT2D eigenvalue weighted by molar-refractivity contribution is 0.0880. The molecule has 1 atom stereocenters. The molecule has 1 aliphatic heterocycles. The summed E-state index contributed by atoms with van der Waals surface area (Å²) in [7, 11) is 0. The van der Waals surface area contributed by atoms with Crippen LogP contribution in [-0.4, -0.2) is 44.3 Å². The van der Waals surface area contributed by atoms with Crippen molar-refractivity contribution in [1.82, 2.24) is 10.2 Å². The molecule has 0 aliphatic carbocycles. The minimum Gasteiger partial charge on any atom is -0.381 e. The average molecular weight is 276 g/mol.